The first-order chi connectivity index (χ1) is 11.2. The molecule has 0 aliphatic heterocycles. The fourth-order valence-electron chi connectivity index (χ4n) is 1.84. The summed E-state index contributed by atoms with van der Waals surface area (Å²) in [6.07, 6.45) is -3.85. The van der Waals surface area contributed by atoms with Crippen molar-refractivity contribution in [2.75, 3.05) is 5.32 Å². The van der Waals surface area contributed by atoms with E-state index in [-0.39, 0.29) is 22.5 Å². The number of pyridine rings is 1. The van der Waals surface area contributed by atoms with Gasteiger partial charge in [-0.2, -0.15) is 13.2 Å². The van der Waals surface area contributed by atoms with Crippen LogP contribution in [0.4, 0.5) is 18.9 Å². The molecule has 1 amide bonds. The molecule has 0 radical (unpaired) electrons. The third kappa shape index (κ3) is 3.75. The number of halogens is 3. The number of benzene rings is 1. The van der Waals surface area contributed by atoms with Gasteiger partial charge < -0.3 is 10.4 Å². The van der Waals surface area contributed by atoms with Crippen LogP contribution in [0.1, 0.15) is 26.4 Å². The highest BCUT2D eigenvalue weighted by atomic mass is 19.4. The molecular formula is C15H9F3N2O4. The van der Waals surface area contributed by atoms with Crippen LogP contribution >= 0.6 is 0 Å². The summed E-state index contributed by atoms with van der Waals surface area (Å²) in [5, 5.41) is 10.7. The van der Waals surface area contributed by atoms with Crippen LogP contribution in [-0.2, 0) is 4.79 Å². The molecule has 1 aromatic carbocycles. The number of carboxylic acid groups (broad SMARTS) is 1. The van der Waals surface area contributed by atoms with E-state index in [1.165, 1.54) is 30.5 Å². The van der Waals surface area contributed by atoms with Crippen molar-refractivity contribution in [3.05, 3.63) is 59.4 Å². The largest absolute Gasteiger partial charge is 0.478 e. The Bertz CT molecular complexity index is 818. The summed E-state index contributed by atoms with van der Waals surface area (Å²) >= 11 is 0. The van der Waals surface area contributed by atoms with Crippen LogP contribution in [0.25, 0.3) is 0 Å². The molecule has 6 nitrogen and oxygen atoms in total. The molecule has 0 bridgehead atoms. The number of ketones is 1. The molecule has 0 aliphatic carbocycles. The minimum absolute atomic E-state index is 0.115. The number of hydrogen-bond donors (Lipinski definition) is 2. The molecule has 0 spiro atoms. The molecule has 2 aromatic rings. The average Bonchev–Trinajstić information content (AvgIpc) is 2.53. The lowest BCUT2D eigenvalue weighted by molar-refractivity contribution is -0.167. The number of carbonyl (C=O) groups excluding carboxylic acids is 2. The zero-order valence-corrected chi connectivity index (χ0v) is 11.8. The van der Waals surface area contributed by atoms with Crippen molar-refractivity contribution in [2.45, 2.75) is 6.18 Å². The van der Waals surface area contributed by atoms with E-state index in [9.17, 15) is 27.6 Å². The zero-order chi connectivity index (χ0) is 17.9. The molecule has 0 saturated carbocycles. The second kappa shape index (κ2) is 6.49. The maximum atomic E-state index is 12.3. The summed E-state index contributed by atoms with van der Waals surface area (Å²) in [4.78, 5) is 38.1. The van der Waals surface area contributed by atoms with Crippen LogP contribution in [-0.4, -0.2) is 33.9 Å². The number of aromatic carboxylic acids is 1. The molecule has 2 N–H and O–H groups in total. The zero-order valence-electron chi connectivity index (χ0n) is 11.8. The molecule has 9 heteroatoms. The summed E-state index contributed by atoms with van der Waals surface area (Å²) < 4.78 is 36.7. The van der Waals surface area contributed by atoms with E-state index >= 15 is 0 Å². The van der Waals surface area contributed by atoms with Crippen LogP contribution in [0.3, 0.4) is 0 Å². The molecule has 0 fully saturated rings. The molecule has 0 unspecified atom stereocenters. The van der Waals surface area contributed by atoms with Crippen molar-refractivity contribution in [3.8, 4) is 0 Å². The molecule has 0 atom stereocenters. The predicted molar refractivity (Wildman–Crippen MR) is 75.8 cm³/mol. The molecule has 2 rings (SSSR count). The number of rotatable bonds is 4. The summed E-state index contributed by atoms with van der Waals surface area (Å²) in [6, 6.07) is 7.20. The number of nitrogens with one attached hydrogen (secondary N) is 1. The van der Waals surface area contributed by atoms with Crippen LogP contribution in [0, 0.1) is 0 Å². The van der Waals surface area contributed by atoms with Gasteiger partial charge in [0.1, 0.15) is 5.69 Å². The smallest absolute Gasteiger partial charge is 0.471 e. The van der Waals surface area contributed by atoms with Crippen molar-refractivity contribution in [2.24, 2.45) is 0 Å². The molecule has 124 valence electrons. The Morgan fingerprint density at radius 2 is 1.79 bits per heavy atom. The standard InChI is InChI=1S/C15H9F3N2O4/c16-15(17,18)14(24)20-9-4-1-3-8(7-9)12(21)11-10(13(22)23)5-2-6-19-11/h1-7H,(H,20,24)(H,22,23). The Labute approximate surface area is 132 Å². The van der Waals surface area contributed by atoms with Gasteiger partial charge in [-0.1, -0.05) is 12.1 Å². The number of carboxylic acids is 1. The topological polar surface area (TPSA) is 96.4 Å². The second-order valence-electron chi connectivity index (χ2n) is 4.57. The van der Waals surface area contributed by atoms with E-state index in [2.05, 4.69) is 4.98 Å². The Balaban J connectivity index is 2.34. The first kappa shape index (κ1) is 17.1. The monoisotopic (exact) mass is 338 g/mol. The van der Waals surface area contributed by atoms with Gasteiger partial charge >= 0.3 is 18.1 Å². The van der Waals surface area contributed by atoms with Crippen LogP contribution < -0.4 is 5.32 Å². The van der Waals surface area contributed by atoms with Crippen molar-refractivity contribution in [1.29, 1.82) is 0 Å². The fraction of sp³-hybridized carbons (Fsp3) is 0.0667. The van der Waals surface area contributed by atoms with Gasteiger partial charge in [0.05, 0.1) is 5.56 Å². The van der Waals surface area contributed by atoms with Crippen LogP contribution in [0.5, 0.6) is 0 Å². The maximum Gasteiger partial charge on any atom is 0.471 e. The molecule has 1 aromatic heterocycles. The van der Waals surface area contributed by atoms with Gasteiger partial charge in [0.2, 0.25) is 5.78 Å². The number of alkyl halides is 3. The van der Waals surface area contributed by atoms with Gasteiger partial charge in [0.25, 0.3) is 0 Å². The number of hydrogen-bond acceptors (Lipinski definition) is 4. The Morgan fingerprint density at radius 3 is 2.42 bits per heavy atom. The number of anilines is 1. The number of amides is 1. The lowest BCUT2D eigenvalue weighted by Crippen LogP contribution is -2.30. The van der Waals surface area contributed by atoms with Crippen molar-refractivity contribution < 1.29 is 32.7 Å². The van der Waals surface area contributed by atoms with Gasteiger partial charge in [0.15, 0.2) is 0 Å². The highest BCUT2D eigenvalue weighted by molar-refractivity contribution is 6.13. The van der Waals surface area contributed by atoms with Crippen LogP contribution in [0.2, 0.25) is 0 Å². The first-order valence-electron chi connectivity index (χ1n) is 6.41. The minimum Gasteiger partial charge on any atom is -0.478 e. The molecular weight excluding hydrogens is 329 g/mol. The third-order valence-electron chi connectivity index (χ3n) is 2.89. The van der Waals surface area contributed by atoms with E-state index in [0.29, 0.717) is 0 Å². The molecule has 1 heterocycles. The molecule has 24 heavy (non-hydrogen) atoms. The summed E-state index contributed by atoms with van der Waals surface area (Å²) in [5.41, 5.74) is -1.07. The van der Waals surface area contributed by atoms with Crippen molar-refractivity contribution in [3.63, 3.8) is 0 Å². The van der Waals surface area contributed by atoms with Crippen molar-refractivity contribution in [1.82, 2.24) is 4.98 Å². The fourth-order valence-corrected chi connectivity index (χ4v) is 1.84. The number of carbonyl (C=O) groups is 3. The third-order valence-corrected chi connectivity index (χ3v) is 2.89. The quantitative estimate of drug-likeness (QED) is 0.835. The molecule has 0 aliphatic rings. The summed E-state index contributed by atoms with van der Waals surface area (Å²) in [5.74, 6) is -4.35. The van der Waals surface area contributed by atoms with Gasteiger partial charge in [-0.3, -0.25) is 14.6 Å². The van der Waals surface area contributed by atoms with E-state index in [1.54, 1.807) is 5.32 Å². The van der Waals surface area contributed by atoms with E-state index in [0.717, 1.165) is 12.1 Å². The Kier molecular flexibility index (Phi) is 4.63. The molecule has 0 saturated heterocycles. The SMILES string of the molecule is O=C(O)c1cccnc1C(=O)c1cccc(NC(=O)C(F)(F)F)c1. The van der Waals surface area contributed by atoms with Crippen LogP contribution in [0.15, 0.2) is 42.6 Å². The first-order valence-corrected chi connectivity index (χ1v) is 6.41. The predicted octanol–water partition coefficient (Wildman–Crippen LogP) is 2.51. The highest BCUT2D eigenvalue weighted by Gasteiger charge is 2.38. The van der Waals surface area contributed by atoms with Crippen molar-refractivity contribution >= 4 is 23.3 Å². The van der Waals surface area contributed by atoms with Gasteiger partial charge in [0, 0.05) is 17.4 Å². The van der Waals surface area contributed by atoms with Gasteiger partial charge in [-0.25, -0.2) is 4.79 Å². The lowest BCUT2D eigenvalue weighted by Gasteiger charge is -2.09. The number of nitrogens with zero attached hydrogens (tertiary/aromatic N) is 1. The average molecular weight is 338 g/mol. The van der Waals surface area contributed by atoms with E-state index in [1.807, 2.05) is 0 Å². The summed E-state index contributed by atoms with van der Waals surface area (Å²) in [6.45, 7) is 0. The normalized spacial score (nSPS) is 11.0. The Hall–Kier alpha value is -3.23. The summed E-state index contributed by atoms with van der Waals surface area (Å²) in [7, 11) is 0. The highest BCUT2D eigenvalue weighted by Crippen LogP contribution is 2.20. The Morgan fingerprint density at radius 1 is 1.08 bits per heavy atom. The minimum atomic E-state index is -5.07. The van der Waals surface area contributed by atoms with Gasteiger partial charge in [-0.05, 0) is 24.3 Å². The van der Waals surface area contributed by atoms with Gasteiger partial charge in [-0.15, -0.1) is 0 Å². The maximum absolute atomic E-state index is 12.3. The lowest BCUT2D eigenvalue weighted by atomic mass is 10.0. The second-order valence-corrected chi connectivity index (χ2v) is 4.57. The number of aromatic nitrogens is 1. The van der Waals surface area contributed by atoms with E-state index < -0.39 is 23.8 Å². The van der Waals surface area contributed by atoms with E-state index in [4.69, 9.17) is 5.11 Å².